The Morgan fingerprint density at radius 2 is 1.94 bits per heavy atom. The molecule has 176 valence electrons. The molecular formula is C26H23FN6O2. The van der Waals surface area contributed by atoms with Crippen molar-refractivity contribution < 1.29 is 13.9 Å². The van der Waals surface area contributed by atoms with Crippen LogP contribution < -0.4 is 5.32 Å². The molecule has 0 bridgehead atoms. The number of nitrogens with one attached hydrogen (secondary N) is 1. The third-order valence-electron chi connectivity index (χ3n) is 6.39. The van der Waals surface area contributed by atoms with Gasteiger partial charge < -0.3 is 10.1 Å². The molecule has 6 rings (SSSR count). The number of amides is 1. The van der Waals surface area contributed by atoms with Crippen LogP contribution in [0.2, 0.25) is 0 Å². The van der Waals surface area contributed by atoms with Gasteiger partial charge in [-0.3, -0.25) is 19.7 Å². The number of hydrogen-bond acceptors (Lipinski definition) is 7. The van der Waals surface area contributed by atoms with Gasteiger partial charge >= 0.3 is 0 Å². The molecular weight excluding hydrogens is 447 g/mol. The Morgan fingerprint density at radius 3 is 2.80 bits per heavy atom. The van der Waals surface area contributed by atoms with E-state index in [2.05, 4.69) is 20.3 Å². The summed E-state index contributed by atoms with van der Waals surface area (Å²) in [7, 11) is 0. The topological polar surface area (TPSA) is 103 Å². The van der Waals surface area contributed by atoms with E-state index in [-0.39, 0.29) is 19.1 Å². The number of rotatable bonds is 5. The van der Waals surface area contributed by atoms with E-state index in [9.17, 15) is 9.18 Å². The molecule has 9 heteroatoms. The number of aromatic nitrogens is 5. The molecule has 3 aromatic heterocycles. The highest BCUT2D eigenvalue weighted by molar-refractivity contribution is 5.94. The van der Waals surface area contributed by atoms with E-state index in [4.69, 9.17) is 14.7 Å². The van der Waals surface area contributed by atoms with Gasteiger partial charge in [0.25, 0.3) is 5.91 Å². The van der Waals surface area contributed by atoms with Gasteiger partial charge in [0.05, 0.1) is 55.3 Å². The summed E-state index contributed by atoms with van der Waals surface area (Å²) in [5.41, 5.74) is 4.29. The highest BCUT2D eigenvalue weighted by atomic mass is 19.1. The van der Waals surface area contributed by atoms with Crippen LogP contribution in [0.1, 0.15) is 58.6 Å². The number of carbonyl (C=O) groups excluding carboxylic acids is 1. The predicted octanol–water partition coefficient (Wildman–Crippen LogP) is 4.00. The van der Waals surface area contributed by atoms with Crippen molar-refractivity contribution >= 4 is 16.9 Å². The minimum Gasteiger partial charge on any atom is -0.373 e. The standard InChI is InChI=1S/C26H23FN6O2/c1-26(27)14-35-13-17-5-4-16(6-19(17)26)25(34)31-8-18-7-20-22(11-29-18)30-12-24(32-20)23-10-28-9-21(33-23)15-2-3-15/h4-7,9-12,15H,2-3,8,13-14H2,1H3,(H,31,34)/t26-/m1/s1. The van der Waals surface area contributed by atoms with Gasteiger partial charge in [0.15, 0.2) is 5.67 Å². The van der Waals surface area contributed by atoms with Crippen molar-refractivity contribution in [3.8, 4) is 11.4 Å². The zero-order chi connectivity index (χ0) is 24.0. The number of nitrogens with zero attached hydrogens (tertiary/aromatic N) is 5. The molecule has 4 aromatic rings. The first kappa shape index (κ1) is 21.7. The Hall–Kier alpha value is -3.85. The second-order valence-corrected chi connectivity index (χ2v) is 9.27. The summed E-state index contributed by atoms with van der Waals surface area (Å²) in [6.45, 7) is 1.99. The Balaban J connectivity index is 1.20. The highest BCUT2D eigenvalue weighted by Crippen LogP contribution is 2.39. The molecule has 0 unspecified atom stereocenters. The van der Waals surface area contributed by atoms with E-state index < -0.39 is 5.67 Å². The molecule has 0 spiro atoms. The molecule has 1 N–H and O–H groups in total. The fraction of sp³-hybridized carbons (Fsp3) is 0.308. The summed E-state index contributed by atoms with van der Waals surface area (Å²) in [5.74, 6) is 0.196. The molecule has 2 aliphatic rings. The number of carbonyl (C=O) groups is 1. The van der Waals surface area contributed by atoms with Gasteiger partial charge in [0.1, 0.15) is 16.9 Å². The lowest BCUT2D eigenvalue weighted by molar-refractivity contribution is -0.00467. The number of alkyl halides is 1. The van der Waals surface area contributed by atoms with Crippen LogP contribution in [-0.2, 0) is 23.6 Å². The van der Waals surface area contributed by atoms with Crippen LogP contribution in [-0.4, -0.2) is 37.4 Å². The number of ether oxygens (including phenoxy) is 1. The van der Waals surface area contributed by atoms with Crippen molar-refractivity contribution in [2.45, 2.75) is 44.5 Å². The Morgan fingerprint density at radius 1 is 1.09 bits per heavy atom. The zero-order valence-electron chi connectivity index (χ0n) is 19.2. The molecule has 1 aliphatic carbocycles. The largest absolute Gasteiger partial charge is 0.373 e. The molecule has 1 amide bonds. The van der Waals surface area contributed by atoms with Crippen LogP contribution >= 0.6 is 0 Å². The smallest absolute Gasteiger partial charge is 0.251 e. The molecule has 1 saturated carbocycles. The predicted molar refractivity (Wildman–Crippen MR) is 126 cm³/mol. The maximum absolute atomic E-state index is 14.8. The van der Waals surface area contributed by atoms with Gasteiger partial charge in [0, 0.05) is 17.7 Å². The highest BCUT2D eigenvalue weighted by Gasteiger charge is 2.33. The van der Waals surface area contributed by atoms with Crippen molar-refractivity contribution in [1.29, 1.82) is 0 Å². The van der Waals surface area contributed by atoms with Gasteiger partial charge in [-0.15, -0.1) is 0 Å². The number of hydrogen-bond donors (Lipinski definition) is 1. The van der Waals surface area contributed by atoms with Gasteiger partial charge in [-0.05, 0) is 49.1 Å². The maximum atomic E-state index is 14.8. The number of pyridine rings is 1. The Kier molecular flexibility index (Phi) is 5.21. The quantitative estimate of drug-likeness (QED) is 0.470. The average molecular weight is 471 g/mol. The number of halogens is 1. The van der Waals surface area contributed by atoms with Crippen LogP contribution in [0.5, 0.6) is 0 Å². The summed E-state index contributed by atoms with van der Waals surface area (Å²) >= 11 is 0. The molecule has 35 heavy (non-hydrogen) atoms. The van der Waals surface area contributed by atoms with E-state index in [1.165, 1.54) is 6.92 Å². The van der Waals surface area contributed by atoms with Crippen molar-refractivity contribution in [1.82, 2.24) is 30.2 Å². The van der Waals surface area contributed by atoms with Crippen molar-refractivity contribution in [3.63, 3.8) is 0 Å². The third-order valence-corrected chi connectivity index (χ3v) is 6.39. The first-order valence-electron chi connectivity index (χ1n) is 11.6. The molecule has 1 atom stereocenters. The summed E-state index contributed by atoms with van der Waals surface area (Å²) < 4.78 is 20.1. The molecule has 0 radical (unpaired) electrons. The first-order valence-corrected chi connectivity index (χ1v) is 11.6. The van der Waals surface area contributed by atoms with Gasteiger partial charge in [-0.2, -0.15) is 0 Å². The minimum absolute atomic E-state index is 0.0223. The van der Waals surface area contributed by atoms with Crippen molar-refractivity contribution in [2.24, 2.45) is 0 Å². The maximum Gasteiger partial charge on any atom is 0.251 e. The third kappa shape index (κ3) is 4.35. The summed E-state index contributed by atoms with van der Waals surface area (Å²) in [6, 6.07) is 6.83. The van der Waals surface area contributed by atoms with Gasteiger partial charge in [-0.1, -0.05) is 6.07 Å². The van der Waals surface area contributed by atoms with Crippen LogP contribution in [0, 0.1) is 0 Å². The second kappa shape index (κ2) is 8.42. The van der Waals surface area contributed by atoms with E-state index in [1.807, 2.05) is 6.20 Å². The zero-order valence-corrected chi connectivity index (χ0v) is 19.2. The number of fused-ring (bicyclic) bond motifs is 2. The molecule has 0 saturated heterocycles. The fourth-order valence-corrected chi connectivity index (χ4v) is 4.29. The van der Waals surface area contributed by atoms with Crippen molar-refractivity contribution in [2.75, 3.05) is 6.61 Å². The van der Waals surface area contributed by atoms with Crippen LogP contribution in [0.3, 0.4) is 0 Å². The van der Waals surface area contributed by atoms with Crippen LogP contribution in [0.25, 0.3) is 22.4 Å². The molecule has 1 fully saturated rings. The lowest BCUT2D eigenvalue weighted by Crippen LogP contribution is -2.30. The van der Waals surface area contributed by atoms with Crippen LogP contribution in [0.15, 0.2) is 49.1 Å². The first-order chi connectivity index (χ1) is 17.0. The molecule has 4 heterocycles. The normalized spacial score (nSPS) is 19.4. The minimum atomic E-state index is -1.62. The summed E-state index contributed by atoms with van der Waals surface area (Å²) in [4.78, 5) is 35.3. The summed E-state index contributed by atoms with van der Waals surface area (Å²) in [6.07, 6.45) is 9.10. The Bertz CT molecular complexity index is 1450. The average Bonchev–Trinajstić information content (AvgIpc) is 3.72. The second-order valence-electron chi connectivity index (χ2n) is 9.27. The number of benzene rings is 1. The fourth-order valence-electron chi connectivity index (χ4n) is 4.29. The lowest BCUT2D eigenvalue weighted by Gasteiger charge is -2.29. The monoisotopic (exact) mass is 470 g/mol. The summed E-state index contributed by atoms with van der Waals surface area (Å²) in [5, 5.41) is 2.86. The SMILES string of the molecule is C[C@@]1(F)COCc2ccc(C(=O)NCc3cc4nc(-c5cncc(C6CC6)n5)cnc4cn3)cc21. The van der Waals surface area contributed by atoms with E-state index in [0.717, 1.165) is 24.1 Å². The van der Waals surface area contributed by atoms with E-state index in [0.29, 0.717) is 51.8 Å². The lowest BCUT2D eigenvalue weighted by atomic mass is 9.90. The molecule has 8 nitrogen and oxygen atoms in total. The Labute approximate surface area is 201 Å². The molecule has 1 aromatic carbocycles. The molecule has 1 aliphatic heterocycles. The van der Waals surface area contributed by atoms with Crippen molar-refractivity contribution in [3.05, 3.63) is 77.1 Å². The van der Waals surface area contributed by atoms with E-state index in [1.54, 1.807) is 42.9 Å². The van der Waals surface area contributed by atoms with Gasteiger partial charge in [-0.25, -0.2) is 14.4 Å². The van der Waals surface area contributed by atoms with E-state index >= 15 is 0 Å². The van der Waals surface area contributed by atoms with Gasteiger partial charge in [0.2, 0.25) is 0 Å². The van der Waals surface area contributed by atoms with Crippen LogP contribution in [0.4, 0.5) is 4.39 Å².